The van der Waals surface area contributed by atoms with Gasteiger partial charge in [0.1, 0.15) is 5.75 Å². The molecule has 0 aliphatic heterocycles. The van der Waals surface area contributed by atoms with Crippen LogP contribution in [0.15, 0.2) is 85.2 Å². The Morgan fingerprint density at radius 3 is 2.60 bits per heavy atom. The number of rotatable bonds is 18. The summed E-state index contributed by atoms with van der Waals surface area (Å²) in [6.45, 7) is 6.36. The molecule has 2 N–H and O–H groups in total. The van der Waals surface area contributed by atoms with Crippen molar-refractivity contribution in [1.82, 2.24) is 25.4 Å². The second-order valence-corrected chi connectivity index (χ2v) is 11.0. The molecule has 0 aliphatic rings. The number of nitrogens with one attached hydrogen (secondary N) is 2. The molecule has 3 aromatic carbocycles. The average molecular weight is 614 g/mol. The van der Waals surface area contributed by atoms with Gasteiger partial charge in [-0.3, -0.25) is 24.8 Å². The predicted molar refractivity (Wildman–Crippen MR) is 181 cm³/mol. The van der Waals surface area contributed by atoms with Gasteiger partial charge in [-0.2, -0.15) is 0 Å². The van der Waals surface area contributed by atoms with Crippen molar-refractivity contribution < 1.29 is 20.5 Å². The summed E-state index contributed by atoms with van der Waals surface area (Å²) in [5.74, 6) is 0.888. The van der Waals surface area contributed by atoms with E-state index in [0.29, 0.717) is 65.4 Å². The van der Waals surface area contributed by atoms with E-state index in [1.807, 2.05) is 90.8 Å². The lowest BCUT2D eigenvalue weighted by Gasteiger charge is -2.24. The van der Waals surface area contributed by atoms with E-state index in [9.17, 15) is 9.59 Å². The number of aromatic nitrogens is 1. The third-order valence-corrected chi connectivity index (χ3v) is 7.64. The molecular formula is C36H47N5O4. The average Bonchev–Trinajstić information content (AvgIpc) is 3.06. The molecule has 0 bridgehead atoms. The highest BCUT2D eigenvalue weighted by Crippen LogP contribution is 2.24. The van der Waals surface area contributed by atoms with Crippen molar-refractivity contribution in [2.75, 3.05) is 60.2 Å². The molecule has 240 valence electrons. The number of ether oxygens (including phenoxy) is 2. The first-order valence-corrected chi connectivity index (χ1v) is 15.5. The third-order valence-electron chi connectivity index (χ3n) is 7.64. The van der Waals surface area contributed by atoms with Crippen LogP contribution in [0.5, 0.6) is 5.75 Å². The van der Waals surface area contributed by atoms with Gasteiger partial charge in [0.25, 0.3) is 0 Å². The lowest BCUT2D eigenvalue weighted by Crippen LogP contribution is -2.42. The standard InChI is InChI=1S/C36H45N5O4.H2/c1-4-41(18-9-16-39-35(42)22-31-13-7-11-29-10-5-6-15-34(29)31)36(43)25-40(2)19-17-37-27-45-26-28-20-32(24-38-23-28)30-12-8-14-33(21-30)44-3;/h5-8,10-15,20-21,23-24,37H,4,9,16-19,22,25-27H2,1-3H3,(H,39,42);1H. The Bertz CT molecular complexity index is 1530. The van der Waals surface area contributed by atoms with Crippen molar-refractivity contribution in [3.05, 3.63) is 96.3 Å². The monoisotopic (exact) mass is 613 g/mol. The molecule has 0 atom stereocenters. The number of hydrogen-bond acceptors (Lipinski definition) is 7. The first-order chi connectivity index (χ1) is 22.0. The highest BCUT2D eigenvalue weighted by molar-refractivity contribution is 5.90. The minimum absolute atomic E-state index is 0. The molecule has 4 rings (SSSR count). The number of carbonyl (C=O) groups is 2. The van der Waals surface area contributed by atoms with Crippen molar-refractivity contribution in [2.45, 2.75) is 26.4 Å². The highest BCUT2D eigenvalue weighted by Gasteiger charge is 2.14. The molecule has 1 heterocycles. The molecule has 9 nitrogen and oxygen atoms in total. The topological polar surface area (TPSA) is 96.0 Å². The molecule has 9 heteroatoms. The number of benzene rings is 3. The molecule has 0 radical (unpaired) electrons. The van der Waals surface area contributed by atoms with Crippen LogP contribution in [0, 0.1) is 0 Å². The minimum Gasteiger partial charge on any atom is -0.497 e. The van der Waals surface area contributed by atoms with E-state index < -0.39 is 0 Å². The maximum atomic E-state index is 12.9. The Morgan fingerprint density at radius 1 is 0.933 bits per heavy atom. The zero-order valence-electron chi connectivity index (χ0n) is 26.6. The van der Waals surface area contributed by atoms with Gasteiger partial charge in [0.05, 0.1) is 33.4 Å². The first kappa shape index (κ1) is 33.6. The highest BCUT2D eigenvalue weighted by atomic mass is 16.5. The smallest absolute Gasteiger partial charge is 0.236 e. The van der Waals surface area contributed by atoms with Crippen LogP contribution in [0.3, 0.4) is 0 Å². The van der Waals surface area contributed by atoms with Gasteiger partial charge in [-0.25, -0.2) is 0 Å². The van der Waals surface area contributed by atoms with Gasteiger partial charge in [0, 0.05) is 52.1 Å². The number of likely N-dealkylation sites (N-methyl/N-ethyl adjacent to an activating group) is 2. The maximum absolute atomic E-state index is 12.9. The lowest BCUT2D eigenvalue weighted by atomic mass is 10.0. The van der Waals surface area contributed by atoms with Crippen LogP contribution in [-0.4, -0.2) is 86.8 Å². The summed E-state index contributed by atoms with van der Waals surface area (Å²) < 4.78 is 11.1. The van der Waals surface area contributed by atoms with Crippen molar-refractivity contribution in [3.63, 3.8) is 0 Å². The third kappa shape index (κ3) is 10.7. The van der Waals surface area contributed by atoms with Gasteiger partial charge in [0.2, 0.25) is 11.8 Å². The van der Waals surface area contributed by atoms with Gasteiger partial charge < -0.3 is 19.7 Å². The Kier molecular flexibility index (Phi) is 13.3. The van der Waals surface area contributed by atoms with E-state index in [0.717, 1.165) is 38.8 Å². The van der Waals surface area contributed by atoms with E-state index in [1.54, 1.807) is 7.11 Å². The second kappa shape index (κ2) is 17.9. The van der Waals surface area contributed by atoms with Crippen LogP contribution >= 0.6 is 0 Å². The number of nitrogens with zero attached hydrogens (tertiary/aromatic N) is 3. The van der Waals surface area contributed by atoms with E-state index >= 15 is 0 Å². The quantitative estimate of drug-likeness (QED) is 0.124. The normalized spacial score (nSPS) is 11.1. The van der Waals surface area contributed by atoms with Crippen molar-refractivity contribution >= 4 is 22.6 Å². The van der Waals surface area contributed by atoms with Gasteiger partial charge >= 0.3 is 0 Å². The van der Waals surface area contributed by atoms with Crippen LogP contribution in [-0.2, 0) is 27.4 Å². The molecule has 0 unspecified atom stereocenters. The largest absolute Gasteiger partial charge is 0.497 e. The summed E-state index contributed by atoms with van der Waals surface area (Å²) in [6.07, 6.45) is 4.69. The molecule has 1 aromatic heterocycles. The van der Waals surface area contributed by atoms with Crippen molar-refractivity contribution in [3.8, 4) is 16.9 Å². The molecule has 0 aliphatic carbocycles. The maximum Gasteiger partial charge on any atom is 0.236 e. The zero-order valence-corrected chi connectivity index (χ0v) is 26.6. The Balaban J connectivity index is 0.00000576. The van der Waals surface area contributed by atoms with Gasteiger partial charge in [-0.05, 0) is 66.1 Å². The summed E-state index contributed by atoms with van der Waals surface area (Å²) in [7, 11) is 3.60. The Hall–Kier alpha value is -4.31. The minimum atomic E-state index is -0.00430. The molecule has 0 saturated carbocycles. The number of pyridine rings is 1. The van der Waals surface area contributed by atoms with E-state index in [1.165, 1.54) is 0 Å². The van der Waals surface area contributed by atoms with E-state index in [-0.39, 0.29) is 13.2 Å². The Morgan fingerprint density at radius 2 is 1.76 bits per heavy atom. The van der Waals surface area contributed by atoms with Crippen LogP contribution < -0.4 is 15.4 Å². The fourth-order valence-electron chi connectivity index (χ4n) is 5.16. The fourth-order valence-corrected chi connectivity index (χ4v) is 5.16. The summed E-state index contributed by atoms with van der Waals surface area (Å²) in [4.78, 5) is 33.6. The molecule has 0 saturated heterocycles. The molecule has 2 amide bonds. The number of amides is 2. The van der Waals surface area contributed by atoms with Crippen molar-refractivity contribution in [1.29, 1.82) is 0 Å². The summed E-state index contributed by atoms with van der Waals surface area (Å²) >= 11 is 0. The lowest BCUT2D eigenvalue weighted by molar-refractivity contribution is -0.132. The summed E-state index contributed by atoms with van der Waals surface area (Å²) in [6, 6.07) is 24.1. The fraction of sp³-hybridized carbons (Fsp3) is 0.361. The van der Waals surface area contributed by atoms with Gasteiger partial charge in [-0.15, -0.1) is 0 Å². The number of fused-ring (bicyclic) bond motifs is 1. The summed E-state index contributed by atoms with van der Waals surface area (Å²) in [5.41, 5.74) is 4.06. The molecule has 45 heavy (non-hydrogen) atoms. The van der Waals surface area contributed by atoms with Crippen molar-refractivity contribution in [2.24, 2.45) is 0 Å². The number of hydrogen-bond donors (Lipinski definition) is 2. The van der Waals surface area contributed by atoms with Gasteiger partial charge in [-0.1, -0.05) is 54.6 Å². The van der Waals surface area contributed by atoms with Crippen LogP contribution in [0.1, 0.15) is 25.9 Å². The predicted octanol–water partition coefficient (Wildman–Crippen LogP) is 4.75. The Labute approximate surface area is 268 Å². The number of methoxy groups -OCH3 is 1. The molecule has 0 fully saturated rings. The zero-order chi connectivity index (χ0) is 31.9. The first-order valence-electron chi connectivity index (χ1n) is 15.5. The van der Waals surface area contributed by atoms with Crippen LogP contribution in [0.2, 0.25) is 0 Å². The SMILES string of the molecule is CCN(CCCNC(=O)Cc1cccc2ccccc12)C(=O)CN(C)CCNCOCc1cncc(-c2cccc(OC)c2)c1.[HH]. The molecule has 4 aromatic rings. The van der Waals surface area contributed by atoms with Crippen LogP contribution in [0.25, 0.3) is 21.9 Å². The molecular weight excluding hydrogens is 566 g/mol. The summed E-state index contributed by atoms with van der Waals surface area (Å²) in [5, 5.41) is 8.53. The molecule has 0 spiro atoms. The second-order valence-electron chi connectivity index (χ2n) is 11.0. The van der Waals surface area contributed by atoms with E-state index in [2.05, 4.69) is 33.8 Å². The van der Waals surface area contributed by atoms with Gasteiger partial charge in [0.15, 0.2) is 0 Å². The van der Waals surface area contributed by atoms with Crippen LogP contribution in [0.4, 0.5) is 0 Å². The number of carbonyl (C=O) groups excluding carboxylic acids is 2. The van der Waals surface area contributed by atoms with E-state index in [4.69, 9.17) is 9.47 Å².